The maximum absolute atomic E-state index is 13.1. The lowest BCUT2D eigenvalue weighted by Crippen LogP contribution is -2.23. The van der Waals surface area contributed by atoms with Crippen LogP contribution in [0.5, 0.6) is 0 Å². The van der Waals surface area contributed by atoms with Gasteiger partial charge in [-0.3, -0.25) is 9.51 Å². The van der Waals surface area contributed by atoms with Crippen molar-refractivity contribution in [2.75, 3.05) is 6.61 Å². The number of aromatic amines is 1. The molecule has 0 spiro atoms. The summed E-state index contributed by atoms with van der Waals surface area (Å²) in [5, 5.41) is 14.7. The molecule has 0 amide bonds. The molecule has 4 aromatic rings. The first-order valence-corrected chi connectivity index (χ1v) is 13.7. The van der Waals surface area contributed by atoms with Crippen LogP contribution >= 0.6 is 0 Å². The SMILES string of the molecule is CCCc1nc(C(C)(C)O)c(C(=O)OCC)n1Cc1ccc2c(c1)CCc1ccccc1/C2=C\c1noc(=O)[nH]1. The van der Waals surface area contributed by atoms with Crippen molar-refractivity contribution in [2.24, 2.45) is 0 Å². The van der Waals surface area contributed by atoms with Crippen LogP contribution in [0, 0.1) is 0 Å². The number of H-pyrrole nitrogens is 1. The van der Waals surface area contributed by atoms with Crippen LogP contribution in [0.15, 0.2) is 51.8 Å². The topological polar surface area (TPSA) is 123 Å². The number of hydrogen-bond donors (Lipinski definition) is 2. The van der Waals surface area contributed by atoms with Gasteiger partial charge in [0.1, 0.15) is 17.1 Å². The quantitative estimate of drug-likeness (QED) is 0.311. The Morgan fingerprint density at radius 3 is 2.60 bits per heavy atom. The van der Waals surface area contributed by atoms with Gasteiger partial charge in [0.05, 0.1) is 6.61 Å². The van der Waals surface area contributed by atoms with Crippen LogP contribution in [0.1, 0.15) is 89.8 Å². The average Bonchev–Trinajstić information content (AvgIpc) is 3.45. The van der Waals surface area contributed by atoms with Crippen LogP contribution in [-0.2, 0) is 36.1 Å². The molecule has 1 aliphatic rings. The molecule has 2 aromatic carbocycles. The second-order valence-electron chi connectivity index (χ2n) is 10.5. The van der Waals surface area contributed by atoms with E-state index in [4.69, 9.17) is 14.2 Å². The Morgan fingerprint density at radius 1 is 1.15 bits per heavy atom. The lowest BCUT2D eigenvalue weighted by atomic mass is 9.92. The van der Waals surface area contributed by atoms with E-state index in [0.29, 0.717) is 24.5 Å². The second-order valence-corrected chi connectivity index (χ2v) is 10.5. The van der Waals surface area contributed by atoms with Crippen LogP contribution in [0.3, 0.4) is 0 Å². The van der Waals surface area contributed by atoms with Gasteiger partial charge in [-0.2, -0.15) is 0 Å². The second kappa shape index (κ2) is 11.1. The minimum absolute atomic E-state index is 0.226. The van der Waals surface area contributed by atoms with E-state index in [1.54, 1.807) is 20.8 Å². The summed E-state index contributed by atoms with van der Waals surface area (Å²) in [6.45, 7) is 7.72. The van der Waals surface area contributed by atoms with Crippen molar-refractivity contribution in [3.8, 4) is 0 Å². The van der Waals surface area contributed by atoms with E-state index in [1.807, 2.05) is 28.8 Å². The summed E-state index contributed by atoms with van der Waals surface area (Å²) < 4.78 is 12.0. The number of aliphatic hydroxyl groups is 1. The third-order valence-corrected chi connectivity index (χ3v) is 7.08. The zero-order valence-corrected chi connectivity index (χ0v) is 23.3. The molecule has 2 aromatic heterocycles. The molecule has 0 bridgehead atoms. The van der Waals surface area contributed by atoms with Gasteiger partial charge in [0, 0.05) is 13.0 Å². The van der Waals surface area contributed by atoms with Gasteiger partial charge in [0.15, 0.2) is 11.5 Å². The molecule has 208 valence electrons. The molecule has 0 radical (unpaired) electrons. The zero-order chi connectivity index (χ0) is 28.4. The molecule has 1 aliphatic carbocycles. The van der Waals surface area contributed by atoms with Crippen LogP contribution in [0.2, 0.25) is 0 Å². The highest BCUT2D eigenvalue weighted by atomic mass is 16.5. The number of fused-ring (bicyclic) bond motifs is 2. The Labute approximate surface area is 232 Å². The highest BCUT2D eigenvalue weighted by molar-refractivity contribution is 5.93. The van der Waals surface area contributed by atoms with E-state index in [0.717, 1.165) is 52.9 Å². The minimum Gasteiger partial charge on any atom is -0.461 e. The minimum atomic E-state index is -1.31. The maximum Gasteiger partial charge on any atom is 0.439 e. The zero-order valence-electron chi connectivity index (χ0n) is 23.3. The van der Waals surface area contributed by atoms with Crippen LogP contribution in [0.25, 0.3) is 11.6 Å². The largest absolute Gasteiger partial charge is 0.461 e. The number of nitrogens with one attached hydrogen (secondary N) is 1. The first-order valence-electron chi connectivity index (χ1n) is 13.7. The van der Waals surface area contributed by atoms with Gasteiger partial charge in [0.2, 0.25) is 0 Å². The Balaban J connectivity index is 1.61. The molecule has 2 N–H and O–H groups in total. The number of hydrogen-bond acceptors (Lipinski definition) is 7. The van der Waals surface area contributed by atoms with Crippen molar-refractivity contribution in [1.29, 1.82) is 0 Å². The number of carbonyl (C=O) groups excluding carboxylic acids is 1. The normalized spacial score (nSPS) is 14.1. The van der Waals surface area contributed by atoms with Crippen molar-refractivity contribution < 1.29 is 19.2 Å². The third kappa shape index (κ3) is 5.42. The van der Waals surface area contributed by atoms with Gasteiger partial charge in [-0.05, 0) is 79.5 Å². The predicted octanol–water partition coefficient (Wildman–Crippen LogP) is 4.65. The summed E-state index contributed by atoms with van der Waals surface area (Å²) >= 11 is 0. The molecule has 0 saturated heterocycles. The molecule has 2 heterocycles. The Morgan fingerprint density at radius 2 is 1.90 bits per heavy atom. The summed E-state index contributed by atoms with van der Waals surface area (Å²) in [5.74, 6) is -0.00457. The molecule has 0 fully saturated rings. The van der Waals surface area contributed by atoms with Crippen LogP contribution in [0.4, 0.5) is 0 Å². The number of aryl methyl sites for hydroxylation is 3. The molecular formula is C31H34N4O5. The summed E-state index contributed by atoms with van der Waals surface area (Å²) in [6, 6.07) is 14.5. The molecule has 9 nitrogen and oxygen atoms in total. The van der Waals surface area contributed by atoms with Crippen molar-refractivity contribution in [1.82, 2.24) is 19.7 Å². The highest BCUT2D eigenvalue weighted by Gasteiger charge is 2.32. The molecular weight excluding hydrogens is 508 g/mol. The number of esters is 1. The fraction of sp³-hybridized carbons (Fsp3) is 0.355. The molecule has 9 heteroatoms. The molecule has 0 saturated carbocycles. The first kappa shape index (κ1) is 27.3. The van der Waals surface area contributed by atoms with Crippen molar-refractivity contribution >= 4 is 17.6 Å². The van der Waals surface area contributed by atoms with Gasteiger partial charge in [-0.25, -0.2) is 14.6 Å². The smallest absolute Gasteiger partial charge is 0.439 e. The number of benzene rings is 2. The van der Waals surface area contributed by atoms with E-state index in [9.17, 15) is 14.7 Å². The van der Waals surface area contributed by atoms with Gasteiger partial charge >= 0.3 is 11.7 Å². The lowest BCUT2D eigenvalue weighted by Gasteiger charge is -2.18. The van der Waals surface area contributed by atoms with E-state index >= 15 is 0 Å². The van der Waals surface area contributed by atoms with E-state index in [2.05, 4.69) is 41.3 Å². The van der Waals surface area contributed by atoms with Gasteiger partial charge in [0.25, 0.3) is 0 Å². The Hall–Kier alpha value is -4.24. The fourth-order valence-electron chi connectivity index (χ4n) is 5.33. The Kier molecular flexibility index (Phi) is 7.58. The van der Waals surface area contributed by atoms with E-state index < -0.39 is 17.3 Å². The molecule has 5 rings (SSSR count). The van der Waals surface area contributed by atoms with Gasteiger partial charge in [-0.15, -0.1) is 0 Å². The average molecular weight is 543 g/mol. The molecule has 0 unspecified atom stereocenters. The molecule has 0 atom stereocenters. The number of nitrogens with zero attached hydrogens (tertiary/aromatic N) is 3. The van der Waals surface area contributed by atoms with Crippen LogP contribution in [-0.4, -0.2) is 37.4 Å². The number of aromatic nitrogens is 4. The van der Waals surface area contributed by atoms with E-state index in [1.165, 1.54) is 5.56 Å². The summed E-state index contributed by atoms with van der Waals surface area (Å²) in [5.41, 5.74) is 5.72. The number of carbonyl (C=O) groups is 1. The van der Waals surface area contributed by atoms with Crippen molar-refractivity contribution in [3.05, 3.63) is 104 Å². The molecule has 40 heavy (non-hydrogen) atoms. The highest BCUT2D eigenvalue weighted by Crippen LogP contribution is 2.35. The predicted molar refractivity (Wildman–Crippen MR) is 151 cm³/mol. The monoisotopic (exact) mass is 542 g/mol. The summed E-state index contributed by atoms with van der Waals surface area (Å²) in [6.07, 6.45) is 5.01. The standard InChI is InChI=1S/C31H34N4O5/c1-5-9-26-33-28(31(3,4)38)27(29(36)39-6-2)35(26)18-19-12-15-23-21(16-19)14-13-20-10-7-8-11-22(20)24(23)17-25-32-30(37)40-34-25/h7-8,10-12,15-17,38H,5-6,9,13-14,18H2,1-4H3,(H,32,34,37)/b24-17+. The lowest BCUT2D eigenvalue weighted by molar-refractivity contribution is 0.0469. The number of rotatable bonds is 8. The summed E-state index contributed by atoms with van der Waals surface area (Å²) in [7, 11) is 0. The van der Waals surface area contributed by atoms with Gasteiger partial charge in [-0.1, -0.05) is 54.5 Å². The summed E-state index contributed by atoms with van der Waals surface area (Å²) in [4.78, 5) is 32.1. The number of imidazole rings is 1. The fourth-order valence-corrected chi connectivity index (χ4v) is 5.33. The van der Waals surface area contributed by atoms with Crippen LogP contribution < -0.4 is 5.76 Å². The van der Waals surface area contributed by atoms with Crippen molar-refractivity contribution in [2.45, 2.75) is 65.5 Å². The third-order valence-electron chi connectivity index (χ3n) is 7.08. The van der Waals surface area contributed by atoms with E-state index in [-0.39, 0.29) is 12.3 Å². The number of ether oxygens (including phenoxy) is 1. The van der Waals surface area contributed by atoms with Crippen molar-refractivity contribution in [3.63, 3.8) is 0 Å². The Bertz CT molecular complexity index is 1630. The maximum atomic E-state index is 13.1. The first-order chi connectivity index (χ1) is 19.2. The molecule has 0 aliphatic heterocycles. The van der Waals surface area contributed by atoms with Gasteiger partial charge < -0.3 is 14.4 Å².